The van der Waals surface area contributed by atoms with Crippen LogP contribution in [0.5, 0.6) is 5.88 Å². The lowest BCUT2D eigenvalue weighted by Gasteiger charge is -2.25. The molecule has 0 saturated carbocycles. The van der Waals surface area contributed by atoms with E-state index in [0.717, 1.165) is 34.8 Å². The zero-order valence-electron chi connectivity index (χ0n) is 17.7. The van der Waals surface area contributed by atoms with Gasteiger partial charge in [-0.05, 0) is 36.6 Å². The smallest absolute Gasteiger partial charge is 0.388 e. The molecule has 4 rings (SSSR count). The highest BCUT2D eigenvalue weighted by Crippen LogP contribution is 2.46. The van der Waals surface area contributed by atoms with E-state index in [4.69, 9.17) is 16.3 Å². The summed E-state index contributed by atoms with van der Waals surface area (Å²) in [6, 6.07) is 2.42. The van der Waals surface area contributed by atoms with Crippen LogP contribution in [0.25, 0.3) is 0 Å². The van der Waals surface area contributed by atoms with Gasteiger partial charge in [0, 0.05) is 25.3 Å². The van der Waals surface area contributed by atoms with Crippen molar-refractivity contribution in [3.8, 4) is 5.88 Å². The molecule has 9 nitrogen and oxygen atoms in total. The summed E-state index contributed by atoms with van der Waals surface area (Å²) in [4.78, 5) is 26.5. The second-order valence-electron chi connectivity index (χ2n) is 7.57. The SMILES string of the molecule is CN(C(=O)Oc1cn[nH]n1)C1CCc2c1c(C(F)(F)F)n(C)c2C(=O)Nc1ccc(F)c(Cl)c1. The van der Waals surface area contributed by atoms with E-state index >= 15 is 0 Å². The Bertz CT molecular complexity index is 1260. The number of aromatic nitrogens is 4. The first-order valence-corrected chi connectivity index (χ1v) is 10.2. The lowest BCUT2D eigenvalue weighted by molar-refractivity contribution is -0.144. The molecule has 3 aromatic rings. The molecule has 0 aliphatic heterocycles. The van der Waals surface area contributed by atoms with Gasteiger partial charge in [-0.25, -0.2) is 9.18 Å². The van der Waals surface area contributed by atoms with Crippen LogP contribution in [0.4, 0.5) is 28.0 Å². The summed E-state index contributed by atoms with van der Waals surface area (Å²) in [5.41, 5.74) is -1.18. The Morgan fingerprint density at radius 1 is 1.35 bits per heavy atom. The second-order valence-corrected chi connectivity index (χ2v) is 7.98. The zero-order valence-corrected chi connectivity index (χ0v) is 18.5. The van der Waals surface area contributed by atoms with Crippen LogP contribution in [0.1, 0.15) is 39.8 Å². The standard InChI is InChI=1S/C20H17ClF4N6O3/c1-30(19(33)34-14-8-26-29-28-14)13-6-4-10-15(13)17(20(23,24)25)31(2)16(10)18(32)27-9-3-5-12(22)11(21)7-9/h3,5,7-8,13H,4,6H2,1-2H3,(H,27,32)(H,26,28,29). The van der Waals surface area contributed by atoms with Crippen LogP contribution in [-0.2, 0) is 19.6 Å². The number of alkyl halides is 3. The monoisotopic (exact) mass is 500 g/mol. The summed E-state index contributed by atoms with van der Waals surface area (Å²) in [5, 5.41) is 11.5. The lowest BCUT2D eigenvalue weighted by Crippen LogP contribution is -2.33. The summed E-state index contributed by atoms with van der Waals surface area (Å²) in [7, 11) is 2.42. The summed E-state index contributed by atoms with van der Waals surface area (Å²) < 4.78 is 61.4. The summed E-state index contributed by atoms with van der Waals surface area (Å²) in [6.07, 6.45) is -4.36. The van der Waals surface area contributed by atoms with E-state index in [2.05, 4.69) is 20.7 Å². The number of ether oxygens (including phenoxy) is 1. The Labute approximate surface area is 194 Å². The third-order valence-corrected chi connectivity index (χ3v) is 5.83. The topological polar surface area (TPSA) is 105 Å². The molecule has 2 heterocycles. The Morgan fingerprint density at radius 3 is 2.71 bits per heavy atom. The maximum atomic E-state index is 14.1. The zero-order chi connectivity index (χ0) is 24.8. The third-order valence-electron chi connectivity index (χ3n) is 5.54. The second kappa shape index (κ2) is 8.63. The van der Waals surface area contributed by atoms with E-state index in [1.54, 1.807) is 0 Å². The highest BCUT2D eigenvalue weighted by molar-refractivity contribution is 6.31. The molecule has 2 amide bonds. The van der Waals surface area contributed by atoms with Crippen molar-refractivity contribution in [2.75, 3.05) is 12.4 Å². The molecule has 1 aliphatic rings. The molecule has 0 saturated heterocycles. The normalized spacial score (nSPS) is 15.2. The number of fused-ring (bicyclic) bond motifs is 1. The van der Waals surface area contributed by atoms with Crippen molar-refractivity contribution in [2.45, 2.75) is 25.1 Å². The number of anilines is 1. The molecule has 34 heavy (non-hydrogen) atoms. The van der Waals surface area contributed by atoms with E-state index in [-0.39, 0.29) is 46.3 Å². The van der Waals surface area contributed by atoms with Gasteiger partial charge >= 0.3 is 12.3 Å². The van der Waals surface area contributed by atoms with Gasteiger partial charge in [0.25, 0.3) is 11.8 Å². The van der Waals surface area contributed by atoms with Gasteiger partial charge in [-0.15, -0.1) is 5.10 Å². The van der Waals surface area contributed by atoms with Crippen molar-refractivity contribution in [3.63, 3.8) is 0 Å². The number of nitrogens with one attached hydrogen (secondary N) is 2. The molecule has 14 heteroatoms. The van der Waals surface area contributed by atoms with Gasteiger partial charge in [0.15, 0.2) is 0 Å². The molecule has 2 N–H and O–H groups in total. The Hall–Kier alpha value is -3.61. The maximum absolute atomic E-state index is 14.1. The van der Waals surface area contributed by atoms with Gasteiger partial charge in [0.2, 0.25) is 0 Å². The molecular formula is C20H17ClF4N6O3. The van der Waals surface area contributed by atoms with Crippen LogP contribution >= 0.6 is 11.6 Å². The Balaban J connectivity index is 1.70. The molecule has 0 radical (unpaired) electrons. The molecule has 2 aromatic heterocycles. The fourth-order valence-corrected chi connectivity index (χ4v) is 4.30. The van der Waals surface area contributed by atoms with Crippen molar-refractivity contribution in [2.24, 2.45) is 7.05 Å². The number of amides is 2. The number of carbonyl (C=O) groups is 2. The number of hydrogen-bond acceptors (Lipinski definition) is 5. The van der Waals surface area contributed by atoms with Crippen LogP contribution < -0.4 is 10.1 Å². The summed E-state index contributed by atoms with van der Waals surface area (Å²) in [6.45, 7) is 0. The van der Waals surface area contributed by atoms with Gasteiger partial charge in [-0.2, -0.15) is 23.5 Å². The molecule has 1 unspecified atom stereocenters. The third kappa shape index (κ3) is 4.18. The predicted octanol–water partition coefficient (Wildman–Crippen LogP) is 4.32. The number of rotatable bonds is 4. The molecule has 1 atom stereocenters. The highest BCUT2D eigenvalue weighted by Gasteiger charge is 2.47. The predicted molar refractivity (Wildman–Crippen MR) is 111 cm³/mol. The van der Waals surface area contributed by atoms with Gasteiger partial charge in [-0.1, -0.05) is 11.6 Å². The summed E-state index contributed by atoms with van der Waals surface area (Å²) in [5.74, 6) is -1.68. The van der Waals surface area contributed by atoms with Gasteiger partial charge in [0.1, 0.15) is 23.4 Å². The van der Waals surface area contributed by atoms with Crippen molar-refractivity contribution in [1.29, 1.82) is 0 Å². The molecule has 1 aliphatic carbocycles. The first-order chi connectivity index (χ1) is 16.0. The minimum absolute atomic E-state index is 0.110. The first-order valence-electron chi connectivity index (χ1n) is 9.84. The van der Waals surface area contributed by atoms with Crippen molar-refractivity contribution < 1.29 is 31.9 Å². The largest absolute Gasteiger partial charge is 0.431 e. The number of nitrogens with zero attached hydrogens (tertiary/aromatic N) is 4. The molecule has 0 fully saturated rings. The number of halogens is 5. The molecule has 1 aromatic carbocycles. The average Bonchev–Trinajstić information content (AvgIpc) is 3.45. The maximum Gasteiger partial charge on any atom is 0.431 e. The van der Waals surface area contributed by atoms with E-state index in [0.29, 0.717) is 0 Å². The van der Waals surface area contributed by atoms with Crippen LogP contribution in [0.15, 0.2) is 24.4 Å². The summed E-state index contributed by atoms with van der Waals surface area (Å²) >= 11 is 5.73. The van der Waals surface area contributed by atoms with Crippen LogP contribution in [0.3, 0.4) is 0 Å². The van der Waals surface area contributed by atoms with E-state index in [9.17, 15) is 27.2 Å². The van der Waals surface area contributed by atoms with E-state index in [1.807, 2.05) is 0 Å². The molecule has 180 valence electrons. The fourth-order valence-electron chi connectivity index (χ4n) is 4.12. The molecule has 0 bridgehead atoms. The van der Waals surface area contributed by atoms with E-state index < -0.39 is 35.7 Å². The minimum atomic E-state index is -4.81. The van der Waals surface area contributed by atoms with Gasteiger partial charge < -0.3 is 19.5 Å². The average molecular weight is 501 g/mol. The van der Waals surface area contributed by atoms with Gasteiger partial charge in [0.05, 0.1) is 11.1 Å². The minimum Gasteiger partial charge on any atom is -0.388 e. The first kappa shape index (κ1) is 23.5. The van der Waals surface area contributed by atoms with Crippen LogP contribution in [-0.4, -0.2) is 43.9 Å². The van der Waals surface area contributed by atoms with Crippen LogP contribution in [0.2, 0.25) is 5.02 Å². The van der Waals surface area contributed by atoms with Crippen LogP contribution in [0, 0.1) is 5.82 Å². The molecule has 0 spiro atoms. The fraction of sp³-hybridized carbons (Fsp3) is 0.300. The van der Waals surface area contributed by atoms with E-state index in [1.165, 1.54) is 13.1 Å². The number of hydrogen-bond donors (Lipinski definition) is 2. The number of carbonyl (C=O) groups excluding carboxylic acids is 2. The van der Waals surface area contributed by atoms with Crippen molar-refractivity contribution >= 4 is 29.3 Å². The van der Waals surface area contributed by atoms with Crippen molar-refractivity contribution in [3.05, 3.63) is 57.8 Å². The van der Waals surface area contributed by atoms with Crippen molar-refractivity contribution in [1.82, 2.24) is 24.9 Å². The highest BCUT2D eigenvalue weighted by atomic mass is 35.5. The number of aromatic amines is 1. The number of benzene rings is 1. The molecular weight excluding hydrogens is 484 g/mol. The Morgan fingerprint density at radius 2 is 2.09 bits per heavy atom. The lowest BCUT2D eigenvalue weighted by atomic mass is 10.1. The van der Waals surface area contributed by atoms with Gasteiger partial charge in [-0.3, -0.25) is 4.79 Å². The number of H-pyrrole nitrogens is 1. The Kier molecular flexibility index (Phi) is 5.98. The quantitative estimate of drug-likeness (QED) is 0.519.